The number of para-hydroxylation sites is 2. The van der Waals surface area contributed by atoms with Crippen LogP contribution in [-0.4, -0.2) is 18.7 Å². The van der Waals surface area contributed by atoms with Gasteiger partial charge in [-0.05, 0) is 53.6 Å². The molecule has 2 aliphatic heterocycles. The monoisotopic (exact) mass is 354 g/mol. The molecule has 4 heteroatoms. The Morgan fingerprint density at radius 1 is 0.963 bits per heavy atom. The lowest BCUT2D eigenvalue weighted by Crippen LogP contribution is -2.28. The van der Waals surface area contributed by atoms with Gasteiger partial charge in [-0.3, -0.25) is 14.7 Å². The first kappa shape index (κ1) is 15.8. The zero-order valence-corrected chi connectivity index (χ0v) is 14.9. The van der Waals surface area contributed by atoms with Crippen molar-refractivity contribution in [1.82, 2.24) is 0 Å². The molecule has 0 aliphatic carbocycles. The van der Waals surface area contributed by atoms with Crippen LogP contribution in [0.4, 0.5) is 11.4 Å². The van der Waals surface area contributed by atoms with Gasteiger partial charge < -0.3 is 4.74 Å². The van der Waals surface area contributed by atoms with Gasteiger partial charge in [0.05, 0.1) is 30.2 Å². The van der Waals surface area contributed by atoms with Crippen LogP contribution in [-0.2, 0) is 0 Å². The summed E-state index contributed by atoms with van der Waals surface area (Å²) in [6.07, 6.45) is 0.670. The van der Waals surface area contributed by atoms with Crippen LogP contribution in [0.1, 0.15) is 33.9 Å². The van der Waals surface area contributed by atoms with Crippen LogP contribution < -0.4 is 9.64 Å². The molecule has 0 spiro atoms. The van der Waals surface area contributed by atoms with Gasteiger partial charge in [-0.15, -0.1) is 0 Å². The van der Waals surface area contributed by atoms with Gasteiger partial charge in [0.25, 0.3) is 5.91 Å². The van der Waals surface area contributed by atoms with Crippen LogP contribution in [0.3, 0.4) is 0 Å². The largest absolute Gasteiger partial charge is 0.497 e. The van der Waals surface area contributed by atoms with Gasteiger partial charge in [-0.25, -0.2) is 0 Å². The molecule has 2 aliphatic rings. The molecular formula is C23H18N2O2. The third kappa shape index (κ3) is 2.45. The van der Waals surface area contributed by atoms with Crippen molar-refractivity contribution in [3.8, 4) is 5.75 Å². The molecule has 0 saturated carbocycles. The number of carbonyl (C=O) groups is 1. The topological polar surface area (TPSA) is 41.9 Å². The maximum absolute atomic E-state index is 13.1. The van der Waals surface area contributed by atoms with E-state index in [4.69, 9.17) is 9.73 Å². The highest BCUT2D eigenvalue weighted by molar-refractivity contribution is 6.15. The molecule has 0 aromatic heterocycles. The Kier molecular flexibility index (Phi) is 3.57. The summed E-state index contributed by atoms with van der Waals surface area (Å²) in [5, 5.41) is 0. The summed E-state index contributed by atoms with van der Waals surface area (Å²) in [5.41, 5.74) is 5.57. The number of hydrogen-bond acceptors (Lipinski definition) is 3. The number of benzene rings is 3. The molecule has 0 N–H and O–H groups in total. The fraction of sp³-hybridized carbons (Fsp3) is 0.130. The molecule has 0 radical (unpaired) electrons. The zero-order chi connectivity index (χ0) is 18.4. The second-order valence-corrected chi connectivity index (χ2v) is 6.76. The molecule has 3 aromatic rings. The van der Waals surface area contributed by atoms with Crippen LogP contribution in [0, 0.1) is 0 Å². The molecular weight excluding hydrogens is 336 g/mol. The summed E-state index contributed by atoms with van der Waals surface area (Å²) in [6.45, 7) is 0. The molecule has 0 unspecified atom stereocenters. The average molecular weight is 354 g/mol. The highest BCUT2D eigenvalue weighted by Crippen LogP contribution is 2.45. The molecule has 0 fully saturated rings. The van der Waals surface area contributed by atoms with Crippen molar-refractivity contribution in [3.05, 3.63) is 89.5 Å². The lowest BCUT2D eigenvalue weighted by molar-refractivity contribution is 0.0992. The molecule has 0 saturated heterocycles. The minimum absolute atomic E-state index is 0.0433. The summed E-state index contributed by atoms with van der Waals surface area (Å²) in [5.74, 6) is 0.866. The van der Waals surface area contributed by atoms with E-state index in [9.17, 15) is 4.79 Å². The molecule has 4 nitrogen and oxygen atoms in total. The van der Waals surface area contributed by atoms with Gasteiger partial charge in [-0.1, -0.05) is 30.3 Å². The number of nitrogens with zero attached hydrogens (tertiary/aromatic N) is 2. The average Bonchev–Trinajstić information content (AvgIpc) is 2.89. The SMILES string of the molecule is COc1ccc(C2=Nc3ccccc3N3C(=O)c4ccccc4[C@@H]3C2)cc1. The van der Waals surface area contributed by atoms with Crippen LogP contribution >= 0.6 is 0 Å². The molecule has 1 atom stereocenters. The Balaban J connectivity index is 1.68. The summed E-state index contributed by atoms with van der Waals surface area (Å²) in [7, 11) is 1.66. The minimum atomic E-state index is -0.0433. The smallest absolute Gasteiger partial charge is 0.259 e. The molecule has 132 valence electrons. The van der Waals surface area contributed by atoms with Crippen molar-refractivity contribution >= 4 is 23.0 Å². The van der Waals surface area contributed by atoms with Gasteiger partial charge >= 0.3 is 0 Å². The van der Waals surface area contributed by atoms with Crippen molar-refractivity contribution in [1.29, 1.82) is 0 Å². The number of anilines is 1. The normalized spacial score (nSPS) is 17.5. The third-order valence-corrected chi connectivity index (χ3v) is 5.29. The number of aliphatic imine (C=N–C) groups is 1. The predicted octanol–water partition coefficient (Wildman–Crippen LogP) is 4.92. The Hall–Kier alpha value is -3.40. The van der Waals surface area contributed by atoms with Crippen molar-refractivity contribution in [2.45, 2.75) is 12.5 Å². The first-order valence-electron chi connectivity index (χ1n) is 9.00. The Morgan fingerprint density at radius 2 is 1.70 bits per heavy atom. The van der Waals surface area contributed by atoms with E-state index in [0.717, 1.165) is 39.5 Å². The number of fused-ring (bicyclic) bond motifs is 5. The molecule has 1 amide bonds. The van der Waals surface area contributed by atoms with Gasteiger partial charge in [0.2, 0.25) is 0 Å². The number of carbonyl (C=O) groups excluding carboxylic acids is 1. The van der Waals surface area contributed by atoms with Gasteiger partial charge in [0, 0.05) is 12.0 Å². The van der Waals surface area contributed by atoms with E-state index in [1.807, 2.05) is 71.6 Å². The molecule has 3 aromatic carbocycles. The molecule has 0 bridgehead atoms. The third-order valence-electron chi connectivity index (χ3n) is 5.29. The maximum Gasteiger partial charge on any atom is 0.259 e. The van der Waals surface area contributed by atoms with E-state index in [-0.39, 0.29) is 11.9 Å². The van der Waals surface area contributed by atoms with E-state index in [2.05, 4.69) is 6.07 Å². The summed E-state index contributed by atoms with van der Waals surface area (Å²) >= 11 is 0. The van der Waals surface area contributed by atoms with Crippen molar-refractivity contribution < 1.29 is 9.53 Å². The van der Waals surface area contributed by atoms with Gasteiger partial charge in [0.1, 0.15) is 5.75 Å². The first-order valence-corrected chi connectivity index (χ1v) is 9.00. The summed E-state index contributed by atoms with van der Waals surface area (Å²) in [4.78, 5) is 20.0. The maximum atomic E-state index is 13.1. The van der Waals surface area contributed by atoms with Crippen LogP contribution in [0.5, 0.6) is 5.75 Å². The van der Waals surface area contributed by atoms with Crippen molar-refractivity contribution in [3.63, 3.8) is 0 Å². The number of amides is 1. The van der Waals surface area contributed by atoms with Crippen LogP contribution in [0.2, 0.25) is 0 Å². The first-order chi connectivity index (χ1) is 13.3. The lowest BCUT2D eigenvalue weighted by atomic mass is 9.97. The van der Waals surface area contributed by atoms with Crippen LogP contribution in [0.15, 0.2) is 77.8 Å². The van der Waals surface area contributed by atoms with E-state index in [1.165, 1.54) is 0 Å². The number of rotatable bonds is 2. The quantitative estimate of drug-likeness (QED) is 0.655. The number of ether oxygens (including phenoxy) is 1. The van der Waals surface area contributed by atoms with E-state index in [1.54, 1.807) is 7.11 Å². The lowest BCUT2D eigenvalue weighted by Gasteiger charge is -2.24. The fourth-order valence-corrected chi connectivity index (χ4v) is 3.97. The highest BCUT2D eigenvalue weighted by atomic mass is 16.5. The molecule has 5 rings (SSSR count). The summed E-state index contributed by atoms with van der Waals surface area (Å²) in [6, 6.07) is 23.7. The van der Waals surface area contributed by atoms with Crippen LogP contribution in [0.25, 0.3) is 0 Å². The second kappa shape index (κ2) is 6.09. The predicted molar refractivity (Wildman–Crippen MR) is 106 cm³/mol. The number of methoxy groups -OCH3 is 1. The van der Waals surface area contributed by atoms with E-state index >= 15 is 0 Å². The van der Waals surface area contributed by atoms with E-state index < -0.39 is 0 Å². The number of hydrogen-bond donors (Lipinski definition) is 0. The van der Waals surface area contributed by atoms with Gasteiger partial charge in [0.15, 0.2) is 0 Å². The second-order valence-electron chi connectivity index (χ2n) is 6.76. The minimum Gasteiger partial charge on any atom is -0.497 e. The Morgan fingerprint density at radius 3 is 2.52 bits per heavy atom. The van der Waals surface area contributed by atoms with E-state index in [0.29, 0.717) is 6.42 Å². The Labute approximate surface area is 157 Å². The fourth-order valence-electron chi connectivity index (χ4n) is 3.97. The molecule has 27 heavy (non-hydrogen) atoms. The Bertz CT molecular complexity index is 1070. The van der Waals surface area contributed by atoms with Crippen molar-refractivity contribution in [2.75, 3.05) is 12.0 Å². The zero-order valence-electron chi connectivity index (χ0n) is 14.9. The highest BCUT2D eigenvalue weighted by Gasteiger charge is 2.40. The van der Waals surface area contributed by atoms with Crippen molar-refractivity contribution in [2.24, 2.45) is 4.99 Å². The molecule has 2 heterocycles. The standard InChI is InChI=1S/C23H18N2O2/c1-27-16-12-10-15(11-13-16)20-14-22-17-6-2-3-7-18(17)23(26)25(22)21-9-5-4-8-19(21)24-20/h2-13,22H,14H2,1H3/t22-/m0/s1. The van der Waals surface area contributed by atoms with Gasteiger partial charge in [-0.2, -0.15) is 0 Å². The summed E-state index contributed by atoms with van der Waals surface area (Å²) < 4.78 is 5.27.